The maximum absolute atomic E-state index is 10.6. The largest absolute Gasteiger partial charge is 0.478 e. The van der Waals surface area contributed by atoms with Gasteiger partial charge in [0.05, 0.1) is 12.1 Å². The molecule has 0 bridgehead atoms. The predicted molar refractivity (Wildman–Crippen MR) is 56.9 cm³/mol. The van der Waals surface area contributed by atoms with Crippen LogP contribution < -0.4 is 0 Å². The quantitative estimate of drug-likeness (QED) is 0.783. The summed E-state index contributed by atoms with van der Waals surface area (Å²) in [4.78, 5) is 12.7. The van der Waals surface area contributed by atoms with Crippen LogP contribution in [-0.2, 0) is 6.54 Å². The zero-order valence-corrected chi connectivity index (χ0v) is 9.19. The number of carboxylic acid groups (broad SMARTS) is 1. The number of aromatic carboxylic acids is 1. The van der Waals surface area contributed by atoms with Gasteiger partial charge in [-0.1, -0.05) is 13.3 Å². The maximum atomic E-state index is 10.6. The van der Waals surface area contributed by atoms with Crippen molar-refractivity contribution in [1.82, 2.24) is 4.90 Å². The molecule has 0 aliphatic rings. The van der Waals surface area contributed by atoms with Crippen LogP contribution in [0.2, 0.25) is 0 Å². The number of carboxylic acids is 1. The summed E-state index contributed by atoms with van der Waals surface area (Å²) in [5.74, 6) is -0.243. The highest BCUT2D eigenvalue weighted by Crippen LogP contribution is 2.10. The van der Waals surface area contributed by atoms with E-state index in [0.717, 1.165) is 19.4 Å². The van der Waals surface area contributed by atoms with E-state index in [9.17, 15) is 4.79 Å². The third kappa shape index (κ3) is 3.75. The molecule has 0 aliphatic carbocycles. The molecule has 0 atom stereocenters. The van der Waals surface area contributed by atoms with Gasteiger partial charge in [0.25, 0.3) is 0 Å². The van der Waals surface area contributed by atoms with Gasteiger partial charge < -0.3 is 9.52 Å². The number of hydrogen-bond donors (Lipinski definition) is 1. The Kier molecular flexibility index (Phi) is 4.37. The third-order valence-electron chi connectivity index (χ3n) is 2.22. The van der Waals surface area contributed by atoms with E-state index in [1.165, 1.54) is 6.26 Å². The van der Waals surface area contributed by atoms with Crippen LogP contribution in [0.15, 0.2) is 16.7 Å². The minimum atomic E-state index is -0.943. The Bertz CT molecular complexity index is 319. The summed E-state index contributed by atoms with van der Waals surface area (Å²) in [7, 11) is 2.00. The number of rotatable bonds is 6. The van der Waals surface area contributed by atoms with Gasteiger partial charge in [-0.2, -0.15) is 0 Å². The molecule has 84 valence electrons. The standard InChI is InChI=1S/C11H17NO3/c1-3-4-5-12(2)7-10-6-9(8-15-10)11(13)14/h6,8H,3-5,7H2,1-2H3,(H,13,14). The number of hydrogen-bond acceptors (Lipinski definition) is 3. The summed E-state index contributed by atoms with van der Waals surface area (Å²) in [6, 6.07) is 1.57. The first kappa shape index (κ1) is 11.8. The van der Waals surface area contributed by atoms with Crippen molar-refractivity contribution in [1.29, 1.82) is 0 Å². The molecule has 1 rings (SSSR count). The van der Waals surface area contributed by atoms with E-state index < -0.39 is 5.97 Å². The van der Waals surface area contributed by atoms with Crippen molar-refractivity contribution in [3.8, 4) is 0 Å². The summed E-state index contributed by atoms with van der Waals surface area (Å²) in [6.45, 7) is 3.80. The first-order chi connectivity index (χ1) is 7.13. The van der Waals surface area contributed by atoms with Gasteiger partial charge in [-0.05, 0) is 26.1 Å². The predicted octanol–water partition coefficient (Wildman–Crippen LogP) is 2.21. The van der Waals surface area contributed by atoms with E-state index in [1.54, 1.807) is 6.07 Å². The number of furan rings is 1. The highest BCUT2D eigenvalue weighted by atomic mass is 16.4. The van der Waals surface area contributed by atoms with Crippen molar-refractivity contribution >= 4 is 5.97 Å². The molecule has 1 aromatic rings. The first-order valence-electron chi connectivity index (χ1n) is 5.12. The van der Waals surface area contributed by atoms with Crippen LogP contribution in [-0.4, -0.2) is 29.6 Å². The van der Waals surface area contributed by atoms with Crippen molar-refractivity contribution in [2.75, 3.05) is 13.6 Å². The van der Waals surface area contributed by atoms with Crippen LogP contribution in [0, 0.1) is 0 Å². The van der Waals surface area contributed by atoms with Gasteiger partial charge in [0.1, 0.15) is 12.0 Å². The molecule has 1 heterocycles. The minimum absolute atomic E-state index is 0.217. The van der Waals surface area contributed by atoms with E-state index >= 15 is 0 Å². The molecule has 1 aromatic heterocycles. The van der Waals surface area contributed by atoms with Gasteiger partial charge in [0.15, 0.2) is 0 Å². The molecule has 0 saturated heterocycles. The van der Waals surface area contributed by atoms with Gasteiger partial charge in [0.2, 0.25) is 0 Å². The lowest BCUT2D eigenvalue weighted by molar-refractivity contribution is 0.0696. The molecule has 15 heavy (non-hydrogen) atoms. The van der Waals surface area contributed by atoms with E-state index in [-0.39, 0.29) is 5.56 Å². The van der Waals surface area contributed by atoms with E-state index in [0.29, 0.717) is 12.3 Å². The Balaban J connectivity index is 2.46. The second-order valence-electron chi connectivity index (χ2n) is 3.70. The average Bonchev–Trinajstić information content (AvgIpc) is 2.63. The molecule has 4 nitrogen and oxygen atoms in total. The van der Waals surface area contributed by atoms with Crippen LogP contribution in [0.25, 0.3) is 0 Å². The van der Waals surface area contributed by atoms with Gasteiger partial charge in [-0.3, -0.25) is 4.90 Å². The summed E-state index contributed by atoms with van der Waals surface area (Å²) in [6.07, 6.45) is 3.58. The van der Waals surface area contributed by atoms with E-state index in [1.807, 2.05) is 7.05 Å². The van der Waals surface area contributed by atoms with Gasteiger partial charge in [0, 0.05) is 0 Å². The van der Waals surface area contributed by atoms with Crippen LogP contribution >= 0.6 is 0 Å². The molecule has 0 aromatic carbocycles. The zero-order chi connectivity index (χ0) is 11.3. The smallest absolute Gasteiger partial charge is 0.338 e. The summed E-state index contributed by atoms with van der Waals surface area (Å²) in [5, 5.41) is 8.70. The lowest BCUT2D eigenvalue weighted by Crippen LogP contribution is -2.18. The van der Waals surface area contributed by atoms with Crippen molar-refractivity contribution in [3.05, 3.63) is 23.7 Å². The molecule has 0 fully saturated rings. The Morgan fingerprint density at radius 2 is 2.33 bits per heavy atom. The van der Waals surface area contributed by atoms with Crippen LogP contribution in [0.4, 0.5) is 0 Å². The summed E-state index contributed by atoms with van der Waals surface area (Å²) < 4.78 is 5.15. The fourth-order valence-electron chi connectivity index (χ4n) is 1.35. The molecular formula is C11H17NO3. The molecule has 0 aliphatic heterocycles. The van der Waals surface area contributed by atoms with Gasteiger partial charge >= 0.3 is 5.97 Å². The highest BCUT2D eigenvalue weighted by molar-refractivity contribution is 5.87. The lowest BCUT2D eigenvalue weighted by Gasteiger charge is -2.13. The molecule has 0 spiro atoms. The SMILES string of the molecule is CCCCN(C)Cc1cc(C(=O)O)co1. The molecule has 4 heteroatoms. The normalized spacial score (nSPS) is 10.9. The Labute approximate surface area is 89.5 Å². The maximum Gasteiger partial charge on any atom is 0.338 e. The Hall–Kier alpha value is -1.29. The van der Waals surface area contributed by atoms with Crippen molar-refractivity contribution in [3.63, 3.8) is 0 Å². The zero-order valence-electron chi connectivity index (χ0n) is 9.19. The third-order valence-corrected chi connectivity index (χ3v) is 2.22. The molecule has 1 N–H and O–H groups in total. The summed E-state index contributed by atoms with van der Waals surface area (Å²) in [5.41, 5.74) is 0.217. The molecule has 0 saturated carbocycles. The van der Waals surface area contributed by atoms with E-state index in [2.05, 4.69) is 11.8 Å². The highest BCUT2D eigenvalue weighted by Gasteiger charge is 2.09. The first-order valence-corrected chi connectivity index (χ1v) is 5.12. The van der Waals surface area contributed by atoms with E-state index in [4.69, 9.17) is 9.52 Å². The van der Waals surface area contributed by atoms with Crippen LogP contribution in [0.1, 0.15) is 35.9 Å². The molecule has 0 radical (unpaired) electrons. The lowest BCUT2D eigenvalue weighted by atomic mass is 10.3. The molecular weight excluding hydrogens is 194 g/mol. The topological polar surface area (TPSA) is 53.7 Å². The van der Waals surface area contributed by atoms with Crippen molar-refractivity contribution in [2.45, 2.75) is 26.3 Å². The van der Waals surface area contributed by atoms with Gasteiger partial charge in [-0.15, -0.1) is 0 Å². The van der Waals surface area contributed by atoms with Crippen LogP contribution in [0.3, 0.4) is 0 Å². The fourth-order valence-corrected chi connectivity index (χ4v) is 1.35. The minimum Gasteiger partial charge on any atom is -0.478 e. The monoisotopic (exact) mass is 211 g/mol. The number of unbranched alkanes of at least 4 members (excludes halogenated alkanes) is 1. The Morgan fingerprint density at radius 3 is 2.87 bits per heavy atom. The van der Waals surface area contributed by atoms with Crippen LogP contribution in [0.5, 0.6) is 0 Å². The number of carbonyl (C=O) groups is 1. The van der Waals surface area contributed by atoms with Gasteiger partial charge in [-0.25, -0.2) is 4.79 Å². The summed E-state index contributed by atoms with van der Waals surface area (Å²) >= 11 is 0. The molecule has 0 amide bonds. The number of nitrogens with zero attached hydrogens (tertiary/aromatic N) is 1. The average molecular weight is 211 g/mol. The van der Waals surface area contributed by atoms with Crippen molar-refractivity contribution < 1.29 is 14.3 Å². The molecule has 0 unspecified atom stereocenters. The second-order valence-corrected chi connectivity index (χ2v) is 3.70. The Morgan fingerprint density at radius 1 is 1.60 bits per heavy atom. The second kappa shape index (κ2) is 5.56. The van der Waals surface area contributed by atoms with Crippen molar-refractivity contribution in [2.24, 2.45) is 0 Å². The fraction of sp³-hybridized carbons (Fsp3) is 0.545.